The lowest BCUT2D eigenvalue weighted by atomic mass is 10.1. The molecule has 47 heavy (non-hydrogen) atoms. The molecule has 0 fully saturated rings. The summed E-state index contributed by atoms with van der Waals surface area (Å²) in [4.78, 5) is 22.0. The fourth-order valence-corrected chi connectivity index (χ4v) is 5.15. The Morgan fingerprint density at radius 3 is 2.32 bits per heavy atom. The van der Waals surface area contributed by atoms with E-state index in [0.717, 1.165) is 28.0 Å². The van der Waals surface area contributed by atoms with E-state index in [9.17, 15) is 4.79 Å². The molecule has 0 aliphatic carbocycles. The van der Waals surface area contributed by atoms with Gasteiger partial charge in [0.05, 0.1) is 19.3 Å². The van der Waals surface area contributed by atoms with E-state index in [0.29, 0.717) is 46.8 Å². The first-order valence-electron chi connectivity index (χ1n) is 15.6. The minimum atomic E-state index is -0.246. The Kier molecular flexibility index (Phi) is 8.67. The number of hydrogen-bond acceptors (Lipinski definition) is 7. The Morgan fingerprint density at radius 2 is 1.64 bits per heavy atom. The second kappa shape index (κ2) is 13.0. The summed E-state index contributed by atoms with van der Waals surface area (Å²) in [5.41, 5.74) is 4.15. The first kappa shape index (κ1) is 31.3. The van der Waals surface area contributed by atoms with E-state index in [-0.39, 0.29) is 11.4 Å². The van der Waals surface area contributed by atoms with E-state index in [2.05, 4.69) is 61.0 Å². The van der Waals surface area contributed by atoms with Gasteiger partial charge in [-0.15, -0.1) is 0 Å². The molecule has 6 aromatic rings. The number of fused-ring (bicyclic) bond motifs is 1. The van der Waals surface area contributed by atoms with Crippen LogP contribution in [0.2, 0.25) is 0 Å². The van der Waals surface area contributed by atoms with Crippen LogP contribution < -0.4 is 20.1 Å². The van der Waals surface area contributed by atoms with Gasteiger partial charge in [0, 0.05) is 42.0 Å². The molecule has 10 heteroatoms. The first-order chi connectivity index (χ1) is 22.6. The molecule has 240 valence electrons. The predicted molar refractivity (Wildman–Crippen MR) is 185 cm³/mol. The Labute approximate surface area is 274 Å². The third-order valence-electron chi connectivity index (χ3n) is 7.85. The third-order valence-corrected chi connectivity index (χ3v) is 7.85. The molecule has 0 bridgehead atoms. The monoisotopic (exact) mass is 629 g/mol. The average molecular weight is 630 g/mol. The normalized spacial score (nSPS) is 11.6. The standard InChI is InChI=1S/C37H39N7O3/c1-24(2)27-15-18-38-32(21-27)41-36(45)26-9-13-30(14-10-26)47-31-16-19-39-35-33(31)34(40-28-17-20-43(23-28)37(3,4)5)42-44(35)22-25-7-11-29(46-6)12-8-25/h7-21,23-24H,22H2,1-6H3,(H,40,42)(H,38,41,45). The van der Waals surface area contributed by atoms with Crippen molar-refractivity contribution in [2.24, 2.45) is 0 Å². The number of ether oxygens (including phenoxy) is 2. The molecule has 2 N–H and O–H groups in total. The van der Waals surface area contributed by atoms with E-state index in [4.69, 9.17) is 19.6 Å². The van der Waals surface area contributed by atoms with Gasteiger partial charge in [0.25, 0.3) is 5.91 Å². The molecule has 0 unspecified atom stereocenters. The quantitative estimate of drug-likeness (QED) is 0.157. The largest absolute Gasteiger partial charge is 0.497 e. The summed E-state index contributed by atoms with van der Waals surface area (Å²) in [6, 6.07) is 22.6. The average Bonchev–Trinajstić information content (AvgIpc) is 3.67. The highest BCUT2D eigenvalue weighted by atomic mass is 16.5. The number of amides is 1. The fraction of sp³-hybridized carbons (Fsp3) is 0.243. The highest BCUT2D eigenvalue weighted by Crippen LogP contribution is 2.36. The highest BCUT2D eigenvalue weighted by molar-refractivity contribution is 6.03. The number of methoxy groups -OCH3 is 1. The van der Waals surface area contributed by atoms with Crippen LogP contribution in [0.3, 0.4) is 0 Å². The highest BCUT2D eigenvalue weighted by Gasteiger charge is 2.20. The molecule has 0 spiro atoms. The first-order valence-corrected chi connectivity index (χ1v) is 15.6. The van der Waals surface area contributed by atoms with Gasteiger partial charge < -0.3 is 24.7 Å². The van der Waals surface area contributed by atoms with Gasteiger partial charge in [0.15, 0.2) is 11.5 Å². The van der Waals surface area contributed by atoms with Gasteiger partial charge in [-0.25, -0.2) is 14.6 Å². The topological polar surface area (TPSA) is 108 Å². The van der Waals surface area contributed by atoms with Crippen molar-refractivity contribution in [1.82, 2.24) is 24.3 Å². The molecule has 1 amide bonds. The van der Waals surface area contributed by atoms with Crippen molar-refractivity contribution in [1.29, 1.82) is 0 Å². The van der Waals surface area contributed by atoms with Crippen LogP contribution in [0.4, 0.5) is 17.3 Å². The van der Waals surface area contributed by atoms with Crippen LogP contribution in [0.15, 0.2) is 97.6 Å². The summed E-state index contributed by atoms with van der Waals surface area (Å²) in [6.45, 7) is 11.2. The number of aromatic nitrogens is 5. The summed E-state index contributed by atoms with van der Waals surface area (Å²) in [6.07, 6.45) is 7.52. The number of pyridine rings is 2. The van der Waals surface area contributed by atoms with Crippen LogP contribution in [0.5, 0.6) is 17.2 Å². The SMILES string of the molecule is COc1ccc(Cn2nc(Nc3ccn(C(C)(C)C)c3)c3c(Oc4ccc(C(=O)Nc5cc(C(C)C)ccn5)cc4)ccnc32)cc1. The lowest BCUT2D eigenvalue weighted by molar-refractivity contribution is 0.102. The van der Waals surface area contributed by atoms with Gasteiger partial charge in [-0.3, -0.25) is 4.79 Å². The number of nitrogens with one attached hydrogen (secondary N) is 2. The Balaban J connectivity index is 1.29. The molecule has 2 aromatic carbocycles. The van der Waals surface area contributed by atoms with Gasteiger partial charge in [-0.1, -0.05) is 26.0 Å². The van der Waals surface area contributed by atoms with Crippen molar-refractivity contribution < 1.29 is 14.3 Å². The molecule has 0 aliphatic rings. The lowest BCUT2D eigenvalue weighted by Gasteiger charge is -2.20. The van der Waals surface area contributed by atoms with Crippen LogP contribution in [0.1, 0.15) is 62.0 Å². The minimum Gasteiger partial charge on any atom is -0.497 e. The number of nitrogens with zero attached hydrogens (tertiary/aromatic N) is 5. The maximum absolute atomic E-state index is 13.0. The van der Waals surface area contributed by atoms with E-state index >= 15 is 0 Å². The van der Waals surface area contributed by atoms with Crippen LogP contribution >= 0.6 is 0 Å². The molecule has 4 heterocycles. The van der Waals surface area contributed by atoms with Crippen molar-refractivity contribution in [3.8, 4) is 17.2 Å². The van der Waals surface area contributed by atoms with E-state index in [1.807, 2.05) is 59.4 Å². The van der Waals surface area contributed by atoms with Crippen molar-refractivity contribution in [2.75, 3.05) is 17.7 Å². The molecule has 0 aliphatic heterocycles. The van der Waals surface area contributed by atoms with Crippen molar-refractivity contribution in [3.63, 3.8) is 0 Å². The Morgan fingerprint density at radius 1 is 0.915 bits per heavy atom. The Hall–Kier alpha value is -5.64. The maximum atomic E-state index is 13.0. The summed E-state index contributed by atoms with van der Waals surface area (Å²) >= 11 is 0. The molecule has 6 rings (SSSR count). The number of anilines is 3. The molecule has 4 aromatic heterocycles. The summed E-state index contributed by atoms with van der Waals surface area (Å²) < 4.78 is 15.8. The van der Waals surface area contributed by atoms with Crippen LogP contribution in [-0.4, -0.2) is 37.3 Å². The molecule has 0 saturated carbocycles. The van der Waals surface area contributed by atoms with Crippen LogP contribution in [-0.2, 0) is 12.1 Å². The van der Waals surface area contributed by atoms with Gasteiger partial charge in [0.1, 0.15) is 28.5 Å². The number of hydrogen-bond donors (Lipinski definition) is 2. The zero-order valence-corrected chi connectivity index (χ0v) is 27.5. The third kappa shape index (κ3) is 7.12. The van der Waals surface area contributed by atoms with E-state index < -0.39 is 0 Å². The minimum absolute atomic E-state index is 0.0662. The Bertz CT molecular complexity index is 2000. The number of rotatable bonds is 10. The van der Waals surface area contributed by atoms with Crippen LogP contribution in [0.25, 0.3) is 11.0 Å². The molecule has 0 saturated heterocycles. The van der Waals surface area contributed by atoms with E-state index in [1.165, 1.54) is 0 Å². The molecule has 10 nitrogen and oxygen atoms in total. The van der Waals surface area contributed by atoms with Crippen molar-refractivity contribution in [2.45, 2.75) is 52.6 Å². The molecule has 0 atom stereocenters. The number of carbonyl (C=O) groups excluding carboxylic acids is 1. The summed E-state index contributed by atoms with van der Waals surface area (Å²) in [5.74, 6) is 3.17. The van der Waals surface area contributed by atoms with Gasteiger partial charge in [-0.05, 0) is 92.4 Å². The zero-order valence-electron chi connectivity index (χ0n) is 27.5. The zero-order chi connectivity index (χ0) is 33.1. The van der Waals surface area contributed by atoms with Crippen molar-refractivity contribution >= 4 is 34.3 Å². The molecular weight excluding hydrogens is 590 g/mol. The lowest BCUT2D eigenvalue weighted by Crippen LogP contribution is -2.19. The van der Waals surface area contributed by atoms with Crippen molar-refractivity contribution in [3.05, 3.63) is 114 Å². The summed E-state index contributed by atoms with van der Waals surface area (Å²) in [7, 11) is 1.65. The second-order valence-electron chi connectivity index (χ2n) is 12.7. The van der Waals surface area contributed by atoms with Gasteiger partial charge in [0.2, 0.25) is 0 Å². The number of carbonyl (C=O) groups is 1. The predicted octanol–water partition coefficient (Wildman–Crippen LogP) is 8.35. The van der Waals surface area contributed by atoms with Crippen LogP contribution in [0, 0.1) is 0 Å². The van der Waals surface area contributed by atoms with Gasteiger partial charge in [-0.2, -0.15) is 5.10 Å². The fourth-order valence-electron chi connectivity index (χ4n) is 5.15. The number of benzene rings is 2. The molecule has 0 radical (unpaired) electrons. The second-order valence-corrected chi connectivity index (χ2v) is 12.7. The smallest absolute Gasteiger partial charge is 0.256 e. The maximum Gasteiger partial charge on any atom is 0.256 e. The summed E-state index contributed by atoms with van der Waals surface area (Å²) in [5, 5.41) is 12.1. The molecular formula is C37H39N7O3. The van der Waals surface area contributed by atoms with E-state index in [1.54, 1.807) is 43.8 Å². The van der Waals surface area contributed by atoms with Gasteiger partial charge >= 0.3 is 0 Å².